The van der Waals surface area contributed by atoms with Crippen LogP contribution in [0.4, 0.5) is 10.1 Å². The first-order valence-electron chi connectivity index (χ1n) is 6.84. The summed E-state index contributed by atoms with van der Waals surface area (Å²) in [4.78, 5) is 4.48. The van der Waals surface area contributed by atoms with Gasteiger partial charge < -0.3 is 9.80 Å². The van der Waals surface area contributed by atoms with E-state index in [1.54, 1.807) is 0 Å². The van der Waals surface area contributed by atoms with Crippen molar-refractivity contribution in [1.29, 1.82) is 0 Å². The van der Waals surface area contributed by atoms with Crippen molar-refractivity contribution >= 4 is 5.69 Å². The van der Waals surface area contributed by atoms with Crippen LogP contribution in [-0.4, -0.2) is 32.1 Å². The highest BCUT2D eigenvalue weighted by molar-refractivity contribution is 5.44. The summed E-state index contributed by atoms with van der Waals surface area (Å²) in [5, 5.41) is 0. The van der Waals surface area contributed by atoms with Crippen molar-refractivity contribution in [2.75, 3.05) is 32.1 Å². The third-order valence-electron chi connectivity index (χ3n) is 3.38. The van der Waals surface area contributed by atoms with Crippen LogP contribution in [0.3, 0.4) is 0 Å². The van der Waals surface area contributed by atoms with Gasteiger partial charge >= 0.3 is 0 Å². The summed E-state index contributed by atoms with van der Waals surface area (Å²) in [5.41, 5.74) is 2.36. The lowest BCUT2D eigenvalue weighted by Gasteiger charge is -2.23. The lowest BCUT2D eigenvalue weighted by molar-refractivity contribution is 0.334. The minimum Gasteiger partial charge on any atom is -0.373 e. The smallest absolute Gasteiger partial charge is 0.123 e. The van der Waals surface area contributed by atoms with Gasteiger partial charge in [-0.3, -0.25) is 0 Å². The lowest BCUT2D eigenvalue weighted by atomic mass is 10.2. The lowest BCUT2D eigenvalue weighted by Crippen LogP contribution is -2.30. The number of rotatable bonds is 6. The van der Waals surface area contributed by atoms with E-state index in [1.165, 1.54) is 17.8 Å². The zero-order valence-electron chi connectivity index (χ0n) is 12.1. The topological polar surface area (TPSA) is 6.48 Å². The standard InChI is InChI=1S/C17H21FN2/c1-19(14-15-8-10-16(18)11-9-15)12-13-20(2)17-6-4-3-5-7-17/h3-11H,12-14H2,1-2H3. The van der Waals surface area contributed by atoms with E-state index in [0.717, 1.165) is 25.2 Å². The molecule has 0 spiro atoms. The predicted molar refractivity (Wildman–Crippen MR) is 82.4 cm³/mol. The van der Waals surface area contributed by atoms with Crippen LogP contribution < -0.4 is 4.90 Å². The van der Waals surface area contributed by atoms with Crippen molar-refractivity contribution in [3.8, 4) is 0 Å². The molecule has 2 rings (SSSR count). The van der Waals surface area contributed by atoms with Crippen molar-refractivity contribution in [2.45, 2.75) is 6.54 Å². The molecule has 0 N–H and O–H groups in total. The van der Waals surface area contributed by atoms with Crippen molar-refractivity contribution < 1.29 is 4.39 Å². The maximum absolute atomic E-state index is 12.8. The average Bonchev–Trinajstić information content (AvgIpc) is 2.48. The molecule has 0 aliphatic carbocycles. The van der Waals surface area contributed by atoms with E-state index in [0.29, 0.717) is 0 Å². The van der Waals surface area contributed by atoms with Crippen molar-refractivity contribution in [3.63, 3.8) is 0 Å². The van der Waals surface area contributed by atoms with Crippen LogP contribution in [0.1, 0.15) is 5.56 Å². The molecule has 0 aliphatic rings. The van der Waals surface area contributed by atoms with Crippen molar-refractivity contribution in [1.82, 2.24) is 4.90 Å². The van der Waals surface area contributed by atoms with Gasteiger partial charge in [-0.05, 0) is 36.9 Å². The first-order valence-corrected chi connectivity index (χ1v) is 6.84. The van der Waals surface area contributed by atoms with Gasteiger partial charge in [0, 0.05) is 32.4 Å². The SMILES string of the molecule is CN(CCN(C)c1ccccc1)Cc1ccc(F)cc1. The molecule has 3 heteroatoms. The normalized spacial score (nSPS) is 10.8. The molecule has 0 unspecified atom stereocenters. The van der Waals surface area contributed by atoms with Gasteiger partial charge in [0.25, 0.3) is 0 Å². The minimum absolute atomic E-state index is 0.180. The fraction of sp³-hybridized carbons (Fsp3) is 0.294. The minimum atomic E-state index is -0.180. The van der Waals surface area contributed by atoms with Gasteiger partial charge in [0.2, 0.25) is 0 Å². The Morgan fingerprint density at radius 1 is 0.850 bits per heavy atom. The Labute approximate surface area is 120 Å². The molecule has 0 radical (unpaired) electrons. The molecule has 0 amide bonds. The van der Waals surface area contributed by atoms with Gasteiger partial charge in [0.15, 0.2) is 0 Å². The molecule has 0 bridgehead atoms. The molecule has 2 nitrogen and oxygen atoms in total. The third kappa shape index (κ3) is 4.35. The number of anilines is 1. The molecule has 0 heterocycles. The highest BCUT2D eigenvalue weighted by Gasteiger charge is 2.04. The van der Waals surface area contributed by atoms with Crippen LogP contribution in [0.2, 0.25) is 0 Å². The highest BCUT2D eigenvalue weighted by atomic mass is 19.1. The van der Waals surface area contributed by atoms with Crippen LogP contribution in [0.5, 0.6) is 0 Å². The maximum Gasteiger partial charge on any atom is 0.123 e. The van der Waals surface area contributed by atoms with Crippen LogP contribution in [0.15, 0.2) is 54.6 Å². The van der Waals surface area contributed by atoms with Crippen LogP contribution in [0.25, 0.3) is 0 Å². The van der Waals surface area contributed by atoms with E-state index in [4.69, 9.17) is 0 Å². The van der Waals surface area contributed by atoms with Gasteiger partial charge in [-0.15, -0.1) is 0 Å². The maximum atomic E-state index is 12.8. The first kappa shape index (κ1) is 14.5. The van der Waals surface area contributed by atoms with Gasteiger partial charge in [0.05, 0.1) is 0 Å². The summed E-state index contributed by atoms with van der Waals surface area (Å²) >= 11 is 0. The van der Waals surface area contributed by atoms with Crippen molar-refractivity contribution in [3.05, 3.63) is 66.0 Å². The Balaban J connectivity index is 1.80. The molecular formula is C17H21FN2. The molecule has 2 aromatic rings. The molecular weight excluding hydrogens is 251 g/mol. The Hall–Kier alpha value is -1.87. The summed E-state index contributed by atoms with van der Waals surface area (Å²) in [6, 6.07) is 17.1. The predicted octanol–water partition coefficient (Wildman–Crippen LogP) is 3.39. The second-order valence-corrected chi connectivity index (χ2v) is 5.12. The summed E-state index contributed by atoms with van der Waals surface area (Å²) in [5.74, 6) is -0.180. The molecule has 0 saturated carbocycles. The van der Waals surface area contributed by atoms with Crippen LogP contribution in [-0.2, 0) is 6.54 Å². The second-order valence-electron chi connectivity index (χ2n) is 5.12. The fourth-order valence-electron chi connectivity index (χ4n) is 2.11. The monoisotopic (exact) mass is 272 g/mol. The Morgan fingerprint density at radius 2 is 1.50 bits per heavy atom. The number of nitrogens with zero attached hydrogens (tertiary/aromatic N) is 2. The summed E-state index contributed by atoms with van der Waals surface area (Å²) < 4.78 is 12.8. The fourth-order valence-corrected chi connectivity index (χ4v) is 2.11. The number of hydrogen-bond acceptors (Lipinski definition) is 2. The second kappa shape index (κ2) is 7.06. The van der Waals surface area contributed by atoms with E-state index < -0.39 is 0 Å². The molecule has 106 valence electrons. The summed E-state index contributed by atoms with van der Waals surface area (Å²) in [6.07, 6.45) is 0. The zero-order valence-corrected chi connectivity index (χ0v) is 12.1. The average molecular weight is 272 g/mol. The zero-order chi connectivity index (χ0) is 14.4. The Bertz CT molecular complexity index is 510. The number of likely N-dealkylation sites (N-methyl/N-ethyl adjacent to an activating group) is 2. The number of para-hydroxylation sites is 1. The molecule has 0 atom stereocenters. The van der Waals surface area contributed by atoms with Crippen LogP contribution in [0, 0.1) is 5.82 Å². The van der Waals surface area contributed by atoms with Gasteiger partial charge in [-0.1, -0.05) is 30.3 Å². The molecule has 0 fully saturated rings. The van der Waals surface area contributed by atoms with E-state index in [-0.39, 0.29) is 5.82 Å². The van der Waals surface area contributed by atoms with E-state index in [9.17, 15) is 4.39 Å². The molecule has 0 aliphatic heterocycles. The number of halogens is 1. The Morgan fingerprint density at radius 3 is 2.15 bits per heavy atom. The number of hydrogen-bond donors (Lipinski definition) is 0. The largest absolute Gasteiger partial charge is 0.373 e. The summed E-state index contributed by atoms with van der Waals surface area (Å²) in [7, 11) is 4.18. The third-order valence-corrected chi connectivity index (χ3v) is 3.38. The van der Waals surface area contributed by atoms with E-state index in [1.807, 2.05) is 30.3 Å². The van der Waals surface area contributed by atoms with Gasteiger partial charge in [0.1, 0.15) is 5.82 Å². The summed E-state index contributed by atoms with van der Waals surface area (Å²) in [6.45, 7) is 2.76. The van der Waals surface area contributed by atoms with Crippen LogP contribution >= 0.6 is 0 Å². The van der Waals surface area contributed by atoms with Gasteiger partial charge in [-0.25, -0.2) is 4.39 Å². The Kier molecular flexibility index (Phi) is 5.13. The molecule has 0 saturated heterocycles. The van der Waals surface area contributed by atoms with E-state index in [2.05, 4.69) is 36.0 Å². The molecule has 2 aromatic carbocycles. The van der Waals surface area contributed by atoms with E-state index >= 15 is 0 Å². The quantitative estimate of drug-likeness (QED) is 0.795. The highest BCUT2D eigenvalue weighted by Crippen LogP contribution is 2.11. The number of benzene rings is 2. The first-order chi connectivity index (χ1) is 9.65. The van der Waals surface area contributed by atoms with Crippen molar-refractivity contribution in [2.24, 2.45) is 0 Å². The van der Waals surface area contributed by atoms with Gasteiger partial charge in [-0.2, -0.15) is 0 Å². The molecule has 20 heavy (non-hydrogen) atoms. The molecule has 0 aromatic heterocycles.